The Morgan fingerprint density at radius 3 is 1.09 bits per heavy atom. The third-order valence-corrected chi connectivity index (χ3v) is 7.28. The number of rotatable bonds is 27. The minimum Gasteiger partial charge on any atom is -0.504 e. The van der Waals surface area contributed by atoms with Crippen LogP contribution < -0.4 is 23.7 Å². The summed E-state index contributed by atoms with van der Waals surface area (Å²) in [6.45, 7) is 18.5. The van der Waals surface area contributed by atoms with Crippen molar-refractivity contribution in [3.63, 3.8) is 0 Å². The molecule has 0 amide bonds. The van der Waals surface area contributed by atoms with Gasteiger partial charge in [0.05, 0.1) is 69.5 Å². The Balaban J connectivity index is 0. The molecule has 0 aromatic heterocycles. The summed E-state index contributed by atoms with van der Waals surface area (Å²) >= 11 is 0. The molecule has 0 bridgehead atoms. The molecule has 0 atom stereocenters. The second kappa shape index (κ2) is 43.5. The molecule has 0 saturated carbocycles. The largest absolute Gasteiger partial charge is 0.504 e. The number of methoxy groups -OCH3 is 3. The fraction of sp³-hybridized carbons (Fsp3) is 0.562. The van der Waals surface area contributed by atoms with Gasteiger partial charge < -0.3 is 72.2 Å². The number of esters is 3. The summed E-state index contributed by atoms with van der Waals surface area (Å²) in [6, 6.07) is 14.1. The van der Waals surface area contributed by atoms with Gasteiger partial charge in [0.15, 0.2) is 34.5 Å². The fourth-order valence-electron chi connectivity index (χ4n) is 4.36. The highest BCUT2D eigenvalue weighted by Gasteiger charge is 2.15. The third kappa shape index (κ3) is 30.0. The van der Waals surface area contributed by atoms with E-state index in [1.807, 2.05) is 13.8 Å². The zero-order valence-electron chi connectivity index (χ0n) is 40.7. The average Bonchev–Trinajstić information content (AvgIpc) is 3.32. The van der Waals surface area contributed by atoms with E-state index in [9.17, 15) is 19.5 Å². The van der Waals surface area contributed by atoms with Crippen LogP contribution in [0.4, 0.5) is 0 Å². The monoisotopic (exact) mass is 941 g/mol. The van der Waals surface area contributed by atoms with E-state index in [1.54, 1.807) is 78.5 Å². The highest BCUT2D eigenvalue weighted by molar-refractivity contribution is 5.91. The first-order valence-electron chi connectivity index (χ1n) is 22.0. The second-order valence-corrected chi connectivity index (χ2v) is 12.7. The van der Waals surface area contributed by atoms with Gasteiger partial charge in [0.2, 0.25) is 0 Å². The Bertz CT molecular complexity index is 1670. The number of carbonyl (C=O) groups excluding carboxylic acids is 3. The van der Waals surface area contributed by atoms with E-state index in [-0.39, 0.29) is 24.9 Å². The van der Waals surface area contributed by atoms with Crippen molar-refractivity contribution in [1.82, 2.24) is 0 Å². The quantitative estimate of drug-likeness (QED) is 0.0399. The van der Waals surface area contributed by atoms with Crippen molar-refractivity contribution in [2.45, 2.75) is 61.3 Å². The van der Waals surface area contributed by atoms with Gasteiger partial charge in [0, 0.05) is 34.5 Å². The molecule has 18 nitrogen and oxygen atoms in total. The number of hydrogen-bond donors (Lipinski definition) is 3. The van der Waals surface area contributed by atoms with Crippen molar-refractivity contribution >= 4 is 17.9 Å². The number of aliphatic hydroxyl groups excluding tert-OH is 2. The van der Waals surface area contributed by atoms with Crippen molar-refractivity contribution in [2.24, 2.45) is 0 Å². The Hall–Kier alpha value is -5.37. The van der Waals surface area contributed by atoms with E-state index in [1.165, 1.54) is 24.6 Å². The molecule has 3 rings (SSSR count). The molecular weight excluding hydrogens is 865 g/mol. The molecule has 0 radical (unpaired) electrons. The smallest absolute Gasteiger partial charge is 0.338 e. The number of phenolic OH excluding ortho intramolecular Hbond substituents is 1. The normalized spacial score (nSPS) is 9.82. The van der Waals surface area contributed by atoms with Crippen molar-refractivity contribution in [3.8, 4) is 34.5 Å². The van der Waals surface area contributed by atoms with Crippen LogP contribution in [0.1, 0.15) is 92.4 Å². The summed E-state index contributed by atoms with van der Waals surface area (Å²) in [6.07, 6.45) is 2.12. The fourth-order valence-corrected chi connectivity index (χ4v) is 4.36. The zero-order valence-corrected chi connectivity index (χ0v) is 40.7. The summed E-state index contributed by atoms with van der Waals surface area (Å²) in [4.78, 5) is 34.8. The molecule has 0 aliphatic heterocycles. The number of carbonyl (C=O) groups is 3. The molecule has 0 spiro atoms. The highest BCUT2D eigenvalue weighted by atomic mass is 16.6. The first-order valence-corrected chi connectivity index (χ1v) is 22.0. The van der Waals surface area contributed by atoms with Crippen LogP contribution in [0.25, 0.3) is 0 Å². The maximum absolute atomic E-state index is 11.8. The van der Waals surface area contributed by atoms with E-state index in [0.717, 1.165) is 6.42 Å². The van der Waals surface area contributed by atoms with Crippen molar-refractivity contribution in [3.05, 3.63) is 71.3 Å². The van der Waals surface area contributed by atoms with Crippen molar-refractivity contribution in [2.75, 3.05) is 120 Å². The van der Waals surface area contributed by atoms with Gasteiger partial charge in [-0.15, -0.1) is 0 Å². The average molecular weight is 941 g/mol. The number of aromatic hydroxyl groups is 1. The summed E-state index contributed by atoms with van der Waals surface area (Å²) in [7, 11) is 4.75. The first-order chi connectivity index (χ1) is 32.0. The van der Waals surface area contributed by atoms with Crippen molar-refractivity contribution in [1.29, 1.82) is 0 Å². The summed E-state index contributed by atoms with van der Waals surface area (Å²) in [5.74, 6) is 0.866. The van der Waals surface area contributed by atoms with Gasteiger partial charge in [-0.1, -0.05) is 27.2 Å². The van der Waals surface area contributed by atoms with Crippen LogP contribution in [0.15, 0.2) is 54.6 Å². The van der Waals surface area contributed by atoms with Gasteiger partial charge in [0.25, 0.3) is 0 Å². The van der Waals surface area contributed by atoms with Crippen molar-refractivity contribution < 1.29 is 86.5 Å². The minimum atomic E-state index is -0.466. The highest BCUT2D eigenvalue weighted by Crippen LogP contribution is 2.30. The third-order valence-electron chi connectivity index (χ3n) is 7.28. The van der Waals surface area contributed by atoms with E-state index in [0.29, 0.717) is 131 Å². The number of ether oxygens (including phenoxy) is 12. The van der Waals surface area contributed by atoms with Gasteiger partial charge in [0.1, 0.15) is 33.0 Å². The molecule has 0 heterocycles. The molecule has 0 saturated heterocycles. The molecule has 66 heavy (non-hydrogen) atoms. The minimum absolute atomic E-state index is 0.0911. The lowest BCUT2D eigenvalue weighted by Crippen LogP contribution is -2.11. The lowest BCUT2D eigenvalue weighted by atomic mass is 10.2. The van der Waals surface area contributed by atoms with E-state index < -0.39 is 11.9 Å². The van der Waals surface area contributed by atoms with Crippen LogP contribution in [0.3, 0.4) is 0 Å². The topological polar surface area (TPSA) is 223 Å². The van der Waals surface area contributed by atoms with E-state index in [4.69, 9.17) is 67.1 Å². The molecule has 3 aromatic carbocycles. The Kier molecular flexibility index (Phi) is 41.4. The molecule has 0 fully saturated rings. The number of phenols is 1. The van der Waals surface area contributed by atoms with Crippen LogP contribution in [0, 0.1) is 0 Å². The summed E-state index contributed by atoms with van der Waals surface area (Å²) in [5, 5.41) is 26.3. The Morgan fingerprint density at radius 2 is 0.758 bits per heavy atom. The molecule has 376 valence electrons. The first kappa shape index (κ1) is 62.7. The molecule has 18 heteroatoms. The molecule has 0 aliphatic carbocycles. The Morgan fingerprint density at radius 1 is 0.424 bits per heavy atom. The second-order valence-electron chi connectivity index (χ2n) is 12.7. The van der Waals surface area contributed by atoms with Gasteiger partial charge in [-0.05, 0) is 88.7 Å². The van der Waals surface area contributed by atoms with Gasteiger partial charge in [-0.3, -0.25) is 0 Å². The maximum atomic E-state index is 11.8. The standard InChI is InChI=1S/C16H24O6.C14H20O6.C12H16O5.C3H8O.C3H8/c1-4-19-9-11-22-15-12-13(16(17)20-5-2)6-7-14(15)21-10-8-18-3;1-3-18-14(16)11-4-5-12(20-9-8-17-2)13(10-11)19-7-6-15;1-3-16-12(14)9-4-5-11(10(13)8-9)17-7-6-15-2;1-2-3-4;1-3-2/h6-7,12H,4-5,8-11H2,1-3H3;4-5,10,15H,3,6-9H2,1-2H3;4-5,8,13H,3,6-7H2,1-2H3;4H,2-3H2,1H3;3H2,1-2H3. The molecule has 0 unspecified atom stereocenters. The molecule has 3 aromatic rings. The van der Waals surface area contributed by atoms with E-state index in [2.05, 4.69) is 13.8 Å². The number of aliphatic hydroxyl groups is 2. The van der Waals surface area contributed by atoms with Crippen LogP contribution >= 0.6 is 0 Å². The van der Waals surface area contributed by atoms with Gasteiger partial charge in [-0.2, -0.15) is 0 Å². The lowest BCUT2D eigenvalue weighted by Gasteiger charge is -2.14. The predicted molar refractivity (Wildman–Crippen MR) is 249 cm³/mol. The van der Waals surface area contributed by atoms with Crippen LogP contribution in [0.2, 0.25) is 0 Å². The predicted octanol–water partition coefficient (Wildman–Crippen LogP) is 6.96. The molecular formula is C48H76O18. The molecule has 3 N–H and O–H groups in total. The zero-order chi connectivity index (χ0) is 49.8. The lowest BCUT2D eigenvalue weighted by molar-refractivity contribution is 0.0516. The maximum Gasteiger partial charge on any atom is 0.338 e. The van der Waals surface area contributed by atoms with Gasteiger partial charge in [-0.25, -0.2) is 14.4 Å². The number of benzene rings is 3. The van der Waals surface area contributed by atoms with Crippen LogP contribution in [-0.2, 0) is 33.2 Å². The van der Waals surface area contributed by atoms with Gasteiger partial charge >= 0.3 is 17.9 Å². The summed E-state index contributed by atoms with van der Waals surface area (Å²) in [5.41, 5.74) is 1.09. The molecule has 0 aliphatic rings. The number of hydrogen-bond acceptors (Lipinski definition) is 18. The van der Waals surface area contributed by atoms with E-state index >= 15 is 0 Å². The SMILES string of the molecule is CCC.CCCO.CCOC(=O)c1ccc(OCCOC)c(O)c1.CCOC(=O)c1ccc(OCCOC)c(OCCO)c1.CCOCCOc1cc(C(=O)OCC)ccc1OCCOC. The Labute approximate surface area is 391 Å². The van der Waals surface area contributed by atoms with Crippen LogP contribution in [0.5, 0.6) is 34.5 Å². The van der Waals surface area contributed by atoms with Crippen LogP contribution in [-0.4, -0.2) is 154 Å². The summed E-state index contributed by atoms with van der Waals surface area (Å²) < 4.78 is 61.9.